The number of imidazole rings is 2. The van der Waals surface area contributed by atoms with E-state index < -0.39 is 0 Å². The highest BCUT2D eigenvalue weighted by Gasteiger charge is 2.24. The van der Waals surface area contributed by atoms with Crippen molar-refractivity contribution in [3.8, 4) is 0 Å². The number of likely N-dealkylation sites (tertiary alicyclic amines) is 1. The van der Waals surface area contributed by atoms with Gasteiger partial charge in [-0.2, -0.15) is 0 Å². The quantitative estimate of drug-likeness (QED) is 0.928. The van der Waals surface area contributed by atoms with Crippen molar-refractivity contribution in [2.24, 2.45) is 0 Å². The first-order valence-corrected chi connectivity index (χ1v) is 7.65. The van der Waals surface area contributed by atoms with Crippen molar-refractivity contribution in [1.82, 2.24) is 24.4 Å². The molecule has 106 valence electrons. The van der Waals surface area contributed by atoms with Crippen LogP contribution in [0.15, 0.2) is 18.6 Å². The van der Waals surface area contributed by atoms with Crippen LogP contribution in [0.3, 0.4) is 0 Å². The minimum atomic E-state index is 0.609. The molecule has 5 nitrogen and oxygen atoms in total. The molecule has 2 aromatic rings. The molecule has 0 amide bonds. The molecule has 0 aromatic carbocycles. The number of hydrogen-bond donors (Lipinski definition) is 1. The highest BCUT2D eigenvalue weighted by Crippen LogP contribution is 2.26. The summed E-state index contributed by atoms with van der Waals surface area (Å²) in [7, 11) is 0. The molecule has 0 saturated carbocycles. The van der Waals surface area contributed by atoms with Gasteiger partial charge >= 0.3 is 0 Å². The summed E-state index contributed by atoms with van der Waals surface area (Å²) in [6.07, 6.45) is 10.7. The summed E-state index contributed by atoms with van der Waals surface area (Å²) in [5.41, 5.74) is 1.40. The van der Waals surface area contributed by atoms with E-state index in [1.54, 1.807) is 0 Å². The van der Waals surface area contributed by atoms with E-state index in [1.165, 1.54) is 30.8 Å². The molecule has 2 aliphatic rings. The minimum Gasteiger partial charge on any atom is -0.348 e. The molecule has 2 aliphatic heterocycles. The van der Waals surface area contributed by atoms with Gasteiger partial charge in [-0.1, -0.05) is 0 Å². The third-order valence-electron chi connectivity index (χ3n) is 4.68. The van der Waals surface area contributed by atoms with E-state index >= 15 is 0 Å². The van der Waals surface area contributed by atoms with E-state index in [0.717, 1.165) is 38.4 Å². The SMILES string of the molecule is c1c[nH]c(C2CCN(Cc3cnc4n3CCC4)CC2)n1. The Morgan fingerprint density at radius 2 is 2.10 bits per heavy atom. The standard InChI is InChI=1S/C15H21N5/c1-2-14-18-10-13(20(14)7-1)11-19-8-3-12(4-9-19)15-16-5-6-17-15/h5-6,10,12H,1-4,7-9,11H2,(H,16,17). The number of nitrogens with one attached hydrogen (secondary N) is 1. The van der Waals surface area contributed by atoms with Crippen LogP contribution in [0.2, 0.25) is 0 Å². The van der Waals surface area contributed by atoms with Gasteiger partial charge in [-0.05, 0) is 32.4 Å². The maximum Gasteiger partial charge on any atom is 0.109 e. The van der Waals surface area contributed by atoms with Gasteiger partial charge < -0.3 is 9.55 Å². The van der Waals surface area contributed by atoms with Crippen LogP contribution < -0.4 is 0 Å². The van der Waals surface area contributed by atoms with Crippen LogP contribution in [0.4, 0.5) is 0 Å². The summed E-state index contributed by atoms with van der Waals surface area (Å²) in [6.45, 7) is 4.53. The van der Waals surface area contributed by atoms with Gasteiger partial charge in [0.25, 0.3) is 0 Å². The van der Waals surface area contributed by atoms with E-state index in [2.05, 4.69) is 30.6 Å². The topological polar surface area (TPSA) is 49.7 Å². The van der Waals surface area contributed by atoms with Crippen LogP contribution in [0.1, 0.15) is 42.5 Å². The maximum atomic E-state index is 4.54. The Bertz CT molecular complexity index is 563. The number of rotatable bonds is 3. The normalized spacial score (nSPS) is 20.4. The molecule has 0 atom stereocenters. The monoisotopic (exact) mass is 271 g/mol. The van der Waals surface area contributed by atoms with Crippen LogP contribution in [0, 0.1) is 0 Å². The Balaban J connectivity index is 1.37. The molecule has 5 heteroatoms. The average molecular weight is 271 g/mol. The molecule has 4 rings (SSSR count). The molecule has 0 aliphatic carbocycles. The molecule has 1 fully saturated rings. The molecule has 0 radical (unpaired) electrons. The number of fused-ring (bicyclic) bond motifs is 1. The van der Waals surface area contributed by atoms with Crippen LogP contribution >= 0.6 is 0 Å². The lowest BCUT2D eigenvalue weighted by Gasteiger charge is -2.31. The first-order valence-electron chi connectivity index (χ1n) is 7.65. The second kappa shape index (κ2) is 5.05. The maximum absolute atomic E-state index is 4.54. The largest absolute Gasteiger partial charge is 0.348 e. The molecule has 0 spiro atoms. The Labute approximate surface area is 119 Å². The Kier molecular flexibility index (Phi) is 3.07. The van der Waals surface area contributed by atoms with Crippen molar-refractivity contribution in [2.75, 3.05) is 13.1 Å². The van der Waals surface area contributed by atoms with Gasteiger partial charge in [-0.3, -0.25) is 4.90 Å². The van der Waals surface area contributed by atoms with E-state index in [-0.39, 0.29) is 0 Å². The number of aromatic amines is 1. The molecular weight excluding hydrogens is 250 g/mol. The molecule has 20 heavy (non-hydrogen) atoms. The fraction of sp³-hybridized carbons (Fsp3) is 0.600. The number of piperidine rings is 1. The fourth-order valence-corrected chi connectivity index (χ4v) is 3.54. The van der Waals surface area contributed by atoms with Crippen molar-refractivity contribution in [1.29, 1.82) is 0 Å². The molecule has 4 heterocycles. The van der Waals surface area contributed by atoms with Gasteiger partial charge in [0.2, 0.25) is 0 Å². The molecule has 2 aromatic heterocycles. The minimum absolute atomic E-state index is 0.609. The summed E-state index contributed by atoms with van der Waals surface area (Å²) >= 11 is 0. The van der Waals surface area contributed by atoms with Crippen LogP contribution in [-0.4, -0.2) is 37.5 Å². The fourth-order valence-electron chi connectivity index (χ4n) is 3.54. The summed E-state index contributed by atoms with van der Waals surface area (Å²) in [6, 6.07) is 0. The summed E-state index contributed by atoms with van der Waals surface area (Å²) < 4.78 is 2.42. The van der Waals surface area contributed by atoms with Crippen molar-refractivity contribution >= 4 is 0 Å². The number of H-pyrrole nitrogens is 1. The van der Waals surface area contributed by atoms with Crippen molar-refractivity contribution < 1.29 is 0 Å². The molecule has 1 saturated heterocycles. The third kappa shape index (κ3) is 2.16. The molecule has 0 unspecified atom stereocenters. The smallest absolute Gasteiger partial charge is 0.109 e. The Morgan fingerprint density at radius 3 is 2.90 bits per heavy atom. The van der Waals surface area contributed by atoms with Gasteiger partial charge in [-0.15, -0.1) is 0 Å². The number of aryl methyl sites for hydroxylation is 1. The predicted molar refractivity (Wildman–Crippen MR) is 76.4 cm³/mol. The van der Waals surface area contributed by atoms with E-state index in [0.29, 0.717) is 5.92 Å². The highest BCUT2D eigenvalue weighted by molar-refractivity contribution is 5.09. The van der Waals surface area contributed by atoms with Gasteiger partial charge in [-0.25, -0.2) is 9.97 Å². The molecule has 1 N–H and O–H groups in total. The number of aromatic nitrogens is 4. The highest BCUT2D eigenvalue weighted by atomic mass is 15.2. The van der Waals surface area contributed by atoms with E-state index in [9.17, 15) is 0 Å². The van der Waals surface area contributed by atoms with E-state index in [1.807, 2.05) is 12.4 Å². The second-order valence-electron chi connectivity index (χ2n) is 5.95. The molecule has 0 bridgehead atoms. The number of hydrogen-bond acceptors (Lipinski definition) is 3. The first kappa shape index (κ1) is 12.1. The lowest BCUT2D eigenvalue weighted by atomic mass is 9.96. The summed E-state index contributed by atoms with van der Waals surface area (Å²) in [5, 5.41) is 0. The van der Waals surface area contributed by atoms with Crippen molar-refractivity contribution in [2.45, 2.75) is 44.7 Å². The van der Waals surface area contributed by atoms with Crippen LogP contribution in [0.5, 0.6) is 0 Å². The van der Waals surface area contributed by atoms with Crippen LogP contribution in [0.25, 0.3) is 0 Å². The van der Waals surface area contributed by atoms with Gasteiger partial charge in [0.05, 0.1) is 5.69 Å². The Morgan fingerprint density at radius 1 is 1.20 bits per heavy atom. The van der Waals surface area contributed by atoms with Gasteiger partial charge in [0, 0.05) is 44.0 Å². The van der Waals surface area contributed by atoms with Gasteiger partial charge in [0.1, 0.15) is 11.6 Å². The van der Waals surface area contributed by atoms with Crippen molar-refractivity contribution in [3.05, 3.63) is 35.9 Å². The molecular formula is C15H21N5. The van der Waals surface area contributed by atoms with Gasteiger partial charge in [0.15, 0.2) is 0 Å². The zero-order chi connectivity index (χ0) is 13.4. The van der Waals surface area contributed by atoms with Crippen molar-refractivity contribution in [3.63, 3.8) is 0 Å². The zero-order valence-electron chi connectivity index (χ0n) is 11.8. The summed E-state index contributed by atoms with van der Waals surface area (Å²) in [4.78, 5) is 14.8. The lowest BCUT2D eigenvalue weighted by molar-refractivity contribution is 0.198. The zero-order valence-corrected chi connectivity index (χ0v) is 11.8. The average Bonchev–Trinajstić information content (AvgIpc) is 3.18. The third-order valence-corrected chi connectivity index (χ3v) is 4.68. The number of nitrogens with zero attached hydrogens (tertiary/aromatic N) is 4. The summed E-state index contributed by atoms with van der Waals surface area (Å²) in [5.74, 6) is 3.05. The lowest BCUT2D eigenvalue weighted by Crippen LogP contribution is -2.33. The second-order valence-corrected chi connectivity index (χ2v) is 5.95. The Hall–Kier alpha value is -1.62. The first-order chi connectivity index (χ1) is 9.90. The predicted octanol–water partition coefficient (Wildman–Crippen LogP) is 1.93. The van der Waals surface area contributed by atoms with E-state index in [4.69, 9.17) is 0 Å². The van der Waals surface area contributed by atoms with Crippen LogP contribution in [-0.2, 0) is 19.5 Å².